The first kappa shape index (κ1) is 6.47. The van der Waals surface area contributed by atoms with Crippen molar-refractivity contribution in [3.63, 3.8) is 0 Å². The molecule has 0 fully saturated rings. The van der Waals surface area contributed by atoms with Crippen LogP contribution in [0.3, 0.4) is 0 Å². The van der Waals surface area contributed by atoms with E-state index in [1.165, 1.54) is 0 Å². The fourth-order valence-electron chi connectivity index (χ4n) is 0.175. The van der Waals surface area contributed by atoms with Crippen molar-refractivity contribution >= 4 is 6.47 Å². The van der Waals surface area contributed by atoms with E-state index in [2.05, 4.69) is 11.7 Å². The van der Waals surface area contributed by atoms with Gasteiger partial charge in [-0.15, -0.1) is 0 Å². The summed E-state index contributed by atoms with van der Waals surface area (Å²) in [4.78, 5) is 9.51. The van der Waals surface area contributed by atoms with Crippen molar-refractivity contribution < 1.29 is 9.53 Å². The second-order valence-electron chi connectivity index (χ2n) is 1.26. The predicted molar refractivity (Wildman–Crippen MR) is 26.6 cm³/mol. The summed E-state index contributed by atoms with van der Waals surface area (Å²) in [6.07, 6.45) is 0.608. The summed E-state index contributed by atoms with van der Waals surface area (Å²) in [5.74, 6) is 0. The molecule has 0 saturated carbocycles. The van der Waals surface area contributed by atoms with Gasteiger partial charge in [0, 0.05) is 0 Å². The Labute approximate surface area is 43.5 Å². The van der Waals surface area contributed by atoms with Gasteiger partial charge in [0.15, 0.2) is 0 Å². The Kier molecular flexibility index (Phi) is 3.38. The normalized spacial score (nSPS) is 12.9. The van der Waals surface area contributed by atoms with Gasteiger partial charge in [-0.3, -0.25) is 4.79 Å². The van der Waals surface area contributed by atoms with Gasteiger partial charge in [-0.2, -0.15) is 0 Å². The fourth-order valence-corrected chi connectivity index (χ4v) is 0.175. The van der Waals surface area contributed by atoms with E-state index < -0.39 is 0 Å². The third-order valence-electron chi connectivity index (χ3n) is 0.703. The number of carbonyl (C=O) groups excluding carboxylic acids is 1. The average Bonchev–Trinajstić information content (AvgIpc) is 1.68. The molecule has 0 saturated heterocycles. The van der Waals surface area contributed by atoms with Crippen molar-refractivity contribution in [1.29, 1.82) is 0 Å². The molecule has 0 N–H and O–H groups in total. The molecule has 0 aromatic rings. The van der Waals surface area contributed by atoms with Crippen LogP contribution >= 0.6 is 0 Å². The monoisotopic (exact) mass is 101 g/mol. The molecule has 0 rings (SSSR count). The van der Waals surface area contributed by atoms with Gasteiger partial charge in [-0.25, -0.2) is 0 Å². The quantitative estimate of drug-likeness (QED) is 0.491. The van der Waals surface area contributed by atoms with Crippen LogP contribution in [0, 0.1) is 6.92 Å². The zero-order valence-electron chi connectivity index (χ0n) is 4.39. The first-order valence-electron chi connectivity index (χ1n) is 2.23. The van der Waals surface area contributed by atoms with Gasteiger partial charge in [0.05, 0.1) is 0 Å². The second kappa shape index (κ2) is 3.65. The maximum Gasteiger partial charge on any atom is 0.293 e. The Morgan fingerprint density at radius 1 is 2.00 bits per heavy atom. The molecule has 0 aliphatic rings. The van der Waals surface area contributed by atoms with E-state index >= 15 is 0 Å². The number of ether oxygens (including phenoxy) is 1. The molecule has 2 nitrogen and oxygen atoms in total. The summed E-state index contributed by atoms with van der Waals surface area (Å²) < 4.78 is 4.40. The van der Waals surface area contributed by atoms with E-state index in [4.69, 9.17) is 0 Å². The standard InChI is InChI=1S/C5H9O2/c1-3-5(2)7-4-6/h4-5H,2-3H2,1H3. The summed E-state index contributed by atoms with van der Waals surface area (Å²) in [5.41, 5.74) is 0. The largest absolute Gasteiger partial charge is 0.465 e. The maximum absolute atomic E-state index is 9.51. The smallest absolute Gasteiger partial charge is 0.293 e. The van der Waals surface area contributed by atoms with Crippen molar-refractivity contribution in [3.8, 4) is 0 Å². The first-order valence-corrected chi connectivity index (χ1v) is 2.23. The summed E-state index contributed by atoms with van der Waals surface area (Å²) in [6, 6.07) is 0. The topological polar surface area (TPSA) is 26.3 Å². The molecule has 0 aromatic heterocycles. The Balaban J connectivity index is 2.98. The van der Waals surface area contributed by atoms with Crippen LogP contribution in [0.4, 0.5) is 0 Å². The SMILES string of the molecule is [CH2]C(CC)OC=O. The zero-order chi connectivity index (χ0) is 5.70. The molecule has 0 aliphatic carbocycles. The summed E-state index contributed by atoms with van der Waals surface area (Å²) in [6.45, 7) is 5.81. The van der Waals surface area contributed by atoms with Crippen LogP contribution in [-0.4, -0.2) is 12.6 Å². The van der Waals surface area contributed by atoms with Crippen LogP contribution in [0.2, 0.25) is 0 Å². The van der Waals surface area contributed by atoms with Crippen molar-refractivity contribution in [2.45, 2.75) is 19.4 Å². The Bertz CT molecular complexity index is 52.0. The van der Waals surface area contributed by atoms with Crippen LogP contribution in [0.25, 0.3) is 0 Å². The van der Waals surface area contributed by atoms with Crippen LogP contribution in [0.1, 0.15) is 13.3 Å². The minimum Gasteiger partial charge on any atom is -0.465 e. The Morgan fingerprint density at radius 3 is 2.71 bits per heavy atom. The molecule has 1 unspecified atom stereocenters. The summed E-state index contributed by atoms with van der Waals surface area (Å²) in [5, 5.41) is 0. The molecule has 7 heavy (non-hydrogen) atoms. The van der Waals surface area contributed by atoms with Crippen LogP contribution < -0.4 is 0 Å². The lowest BCUT2D eigenvalue weighted by molar-refractivity contribution is -0.131. The Morgan fingerprint density at radius 2 is 2.57 bits per heavy atom. The van der Waals surface area contributed by atoms with E-state index in [9.17, 15) is 4.79 Å². The summed E-state index contributed by atoms with van der Waals surface area (Å²) >= 11 is 0. The van der Waals surface area contributed by atoms with E-state index in [1.807, 2.05) is 6.92 Å². The molecule has 41 valence electrons. The number of carbonyl (C=O) groups is 1. The zero-order valence-corrected chi connectivity index (χ0v) is 4.39. The molecule has 1 radical (unpaired) electrons. The number of hydrogen-bond donors (Lipinski definition) is 0. The second-order valence-corrected chi connectivity index (χ2v) is 1.26. The molecule has 2 heteroatoms. The van der Waals surface area contributed by atoms with Crippen LogP contribution in [0.5, 0.6) is 0 Å². The highest BCUT2D eigenvalue weighted by Crippen LogP contribution is 1.89. The molecule has 0 heterocycles. The minimum atomic E-state index is -0.169. The highest BCUT2D eigenvalue weighted by molar-refractivity contribution is 5.37. The van der Waals surface area contributed by atoms with Gasteiger partial charge in [0.1, 0.15) is 6.10 Å². The molecule has 0 amide bonds. The third kappa shape index (κ3) is 3.30. The lowest BCUT2D eigenvalue weighted by atomic mass is 10.3. The van der Waals surface area contributed by atoms with Crippen molar-refractivity contribution in [2.75, 3.05) is 0 Å². The predicted octanol–water partition coefficient (Wildman–Crippen LogP) is 0.772. The number of hydrogen-bond acceptors (Lipinski definition) is 2. The minimum absolute atomic E-state index is 0.169. The lowest BCUT2D eigenvalue weighted by Gasteiger charge is -2.02. The van der Waals surface area contributed by atoms with Crippen molar-refractivity contribution in [2.24, 2.45) is 0 Å². The van der Waals surface area contributed by atoms with Gasteiger partial charge in [-0.1, -0.05) is 6.92 Å². The third-order valence-corrected chi connectivity index (χ3v) is 0.703. The van der Waals surface area contributed by atoms with Gasteiger partial charge in [-0.05, 0) is 13.3 Å². The first-order chi connectivity index (χ1) is 3.31. The van der Waals surface area contributed by atoms with Gasteiger partial charge in [0.25, 0.3) is 6.47 Å². The summed E-state index contributed by atoms with van der Waals surface area (Å²) in [7, 11) is 0. The van der Waals surface area contributed by atoms with E-state index in [1.54, 1.807) is 0 Å². The van der Waals surface area contributed by atoms with Crippen molar-refractivity contribution in [3.05, 3.63) is 6.92 Å². The van der Waals surface area contributed by atoms with Crippen molar-refractivity contribution in [1.82, 2.24) is 0 Å². The van der Waals surface area contributed by atoms with Crippen LogP contribution in [-0.2, 0) is 9.53 Å². The van der Waals surface area contributed by atoms with Gasteiger partial charge in [0.2, 0.25) is 0 Å². The van der Waals surface area contributed by atoms with E-state index in [0.29, 0.717) is 6.47 Å². The van der Waals surface area contributed by atoms with Gasteiger partial charge >= 0.3 is 0 Å². The fraction of sp³-hybridized carbons (Fsp3) is 0.600. The highest BCUT2D eigenvalue weighted by atomic mass is 16.5. The average molecular weight is 101 g/mol. The molecule has 0 bridgehead atoms. The molecule has 0 aliphatic heterocycles. The molecule has 0 spiro atoms. The van der Waals surface area contributed by atoms with E-state index in [0.717, 1.165) is 6.42 Å². The lowest BCUT2D eigenvalue weighted by Crippen LogP contribution is -2.03. The highest BCUT2D eigenvalue weighted by Gasteiger charge is 1.92. The van der Waals surface area contributed by atoms with E-state index in [-0.39, 0.29) is 6.10 Å². The maximum atomic E-state index is 9.51. The molecule has 0 aromatic carbocycles. The van der Waals surface area contributed by atoms with Gasteiger partial charge < -0.3 is 4.74 Å². The van der Waals surface area contributed by atoms with Crippen LogP contribution in [0.15, 0.2) is 0 Å². The molecular formula is C5H9O2. The Hall–Kier alpha value is -0.530. The molecule has 1 atom stereocenters. The molecular weight excluding hydrogens is 92.1 g/mol. The number of rotatable bonds is 3.